The fourth-order valence-corrected chi connectivity index (χ4v) is 1.85. The predicted molar refractivity (Wildman–Crippen MR) is 76.8 cm³/mol. The van der Waals surface area contributed by atoms with Crippen LogP contribution in [0.2, 0.25) is 5.02 Å². The number of hydrogen-bond donors (Lipinski definition) is 2. The fourth-order valence-electron chi connectivity index (χ4n) is 1.68. The standard InChI is InChI=1S/C14H12ClFN2O2/c1-20-13-5-2-8(15)6-10(13)14(19)18-9-3-4-11(16)12(17)7-9/h2-7H,17H2,1H3,(H,18,19). The van der Waals surface area contributed by atoms with Gasteiger partial charge < -0.3 is 15.8 Å². The molecule has 0 saturated heterocycles. The van der Waals surface area contributed by atoms with Gasteiger partial charge in [0.1, 0.15) is 11.6 Å². The van der Waals surface area contributed by atoms with Crippen LogP contribution in [0.4, 0.5) is 15.8 Å². The number of benzene rings is 2. The van der Waals surface area contributed by atoms with Crippen molar-refractivity contribution < 1.29 is 13.9 Å². The lowest BCUT2D eigenvalue weighted by Gasteiger charge is -2.10. The number of halogens is 2. The van der Waals surface area contributed by atoms with E-state index in [4.69, 9.17) is 22.1 Å². The Labute approximate surface area is 120 Å². The van der Waals surface area contributed by atoms with Gasteiger partial charge in [-0.15, -0.1) is 0 Å². The highest BCUT2D eigenvalue weighted by molar-refractivity contribution is 6.31. The summed E-state index contributed by atoms with van der Waals surface area (Å²) in [4.78, 5) is 12.2. The summed E-state index contributed by atoms with van der Waals surface area (Å²) in [5.41, 5.74) is 6.07. The molecular formula is C14H12ClFN2O2. The molecule has 0 fully saturated rings. The van der Waals surface area contributed by atoms with Crippen LogP contribution in [0.25, 0.3) is 0 Å². The topological polar surface area (TPSA) is 64.3 Å². The first-order chi connectivity index (χ1) is 9.51. The molecule has 104 valence electrons. The second-order valence-corrected chi connectivity index (χ2v) is 4.47. The molecule has 0 unspecified atom stereocenters. The maximum absolute atomic E-state index is 13.1. The Bertz CT molecular complexity index is 662. The number of methoxy groups -OCH3 is 1. The average Bonchev–Trinajstić information content (AvgIpc) is 2.43. The molecule has 2 rings (SSSR count). The van der Waals surface area contributed by atoms with Crippen molar-refractivity contribution in [2.75, 3.05) is 18.2 Å². The number of anilines is 2. The van der Waals surface area contributed by atoms with Crippen LogP contribution in [-0.4, -0.2) is 13.0 Å². The van der Waals surface area contributed by atoms with Crippen molar-refractivity contribution in [3.8, 4) is 5.75 Å². The zero-order chi connectivity index (χ0) is 14.7. The monoisotopic (exact) mass is 294 g/mol. The Morgan fingerprint density at radius 1 is 1.30 bits per heavy atom. The number of nitrogens with two attached hydrogens (primary N) is 1. The first-order valence-corrected chi connectivity index (χ1v) is 6.09. The highest BCUT2D eigenvalue weighted by Gasteiger charge is 2.13. The third kappa shape index (κ3) is 3.00. The average molecular weight is 295 g/mol. The van der Waals surface area contributed by atoms with Gasteiger partial charge in [-0.25, -0.2) is 4.39 Å². The third-order valence-corrected chi connectivity index (χ3v) is 2.90. The summed E-state index contributed by atoms with van der Waals surface area (Å²) >= 11 is 5.86. The minimum atomic E-state index is -0.539. The van der Waals surface area contributed by atoms with Crippen LogP contribution in [-0.2, 0) is 0 Å². The molecule has 0 aromatic heterocycles. The molecule has 2 aromatic rings. The van der Waals surface area contributed by atoms with Gasteiger partial charge in [0.2, 0.25) is 0 Å². The highest BCUT2D eigenvalue weighted by Crippen LogP contribution is 2.24. The summed E-state index contributed by atoms with van der Waals surface area (Å²) in [6.07, 6.45) is 0. The molecule has 0 radical (unpaired) electrons. The number of nitrogen functional groups attached to an aromatic ring is 1. The van der Waals surface area contributed by atoms with Crippen LogP contribution in [0.5, 0.6) is 5.75 Å². The largest absolute Gasteiger partial charge is 0.496 e. The first kappa shape index (κ1) is 14.1. The number of carbonyl (C=O) groups is 1. The van der Waals surface area contributed by atoms with Gasteiger partial charge in [0.25, 0.3) is 5.91 Å². The minimum absolute atomic E-state index is 0.0409. The van der Waals surface area contributed by atoms with Crippen LogP contribution in [0.15, 0.2) is 36.4 Å². The number of carbonyl (C=O) groups excluding carboxylic acids is 1. The fraction of sp³-hybridized carbons (Fsp3) is 0.0714. The van der Waals surface area contributed by atoms with Gasteiger partial charge in [-0.05, 0) is 36.4 Å². The molecule has 0 heterocycles. The molecular weight excluding hydrogens is 283 g/mol. The second-order valence-electron chi connectivity index (χ2n) is 4.04. The van der Waals surface area contributed by atoms with E-state index in [0.29, 0.717) is 16.5 Å². The van der Waals surface area contributed by atoms with E-state index in [0.717, 1.165) is 0 Å². The van der Waals surface area contributed by atoms with Crippen LogP contribution >= 0.6 is 11.6 Å². The first-order valence-electron chi connectivity index (χ1n) is 5.71. The Morgan fingerprint density at radius 3 is 2.70 bits per heavy atom. The molecule has 0 saturated carbocycles. The Morgan fingerprint density at radius 2 is 2.05 bits per heavy atom. The summed E-state index contributed by atoms with van der Waals surface area (Å²) in [5.74, 6) is -0.569. The van der Waals surface area contributed by atoms with Crippen molar-refractivity contribution in [3.63, 3.8) is 0 Å². The van der Waals surface area contributed by atoms with E-state index in [9.17, 15) is 9.18 Å². The molecule has 1 amide bonds. The molecule has 0 atom stereocenters. The lowest BCUT2D eigenvalue weighted by molar-refractivity contribution is 0.102. The van der Waals surface area contributed by atoms with Crippen LogP contribution in [0.1, 0.15) is 10.4 Å². The second kappa shape index (κ2) is 5.79. The van der Waals surface area contributed by atoms with Crippen LogP contribution < -0.4 is 15.8 Å². The van der Waals surface area contributed by atoms with Gasteiger partial charge in [-0.3, -0.25) is 4.79 Å². The summed E-state index contributed by atoms with van der Waals surface area (Å²) in [6.45, 7) is 0. The van der Waals surface area contributed by atoms with Crippen molar-refractivity contribution in [1.29, 1.82) is 0 Å². The molecule has 6 heteroatoms. The van der Waals surface area contributed by atoms with E-state index < -0.39 is 11.7 Å². The van der Waals surface area contributed by atoms with Crippen LogP contribution in [0.3, 0.4) is 0 Å². The maximum atomic E-state index is 13.1. The smallest absolute Gasteiger partial charge is 0.259 e. The Kier molecular flexibility index (Phi) is 4.10. The zero-order valence-electron chi connectivity index (χ0n) is 10.6. The van der Waals surface area contributed by atoms with Gasteiger partial charge in [0.15, 0.2) is 0 Å². The van der Waals surface area contributed by atoms with E-state index in [1.807, 2.05) is 0 Å². The third-order valence-electron chi connectivity index (χ3n) is 2.66. The summed E-state index contributed by atoms with van der Waals surface area (Å²) in [5, 5.41) is 3.02. The normalized spacial score (nSPS) is 10.2. The number of nitrogens with one attached hydrogen (secondary N) is 1. The molecule has 20 heavy (non-hydrogen) atoms. The van der Waals surface area contributed by atoms with Gasteiger partial charge in [-0.2, -0.15) is 0 Å². The molecule has 0 aliphatic carbocycles. The molecule has 0 bridgehead atoms. The predicted octanol–water partition coefficient (Wildman–Crippen LogP) is 3.32. The summed E-state index contributed by atoms with van der Waals surface area (Å²) in [7, 11) is 1.45. The van der Waals surface area contributed by atoms with Gasteiger partial charge >= 0.3 is 0 Å². The summed E-state index contributed by atoms with van der Waals surface area (Å²) in [6, 6.07) is 8.64. The van der Waals surface area contributed by atoms with Crippen molar-refractivity contribution >= 4 is 28.9 Å². The molecule has 2 aromatic carbocycles. The van der Waals surface area contributed by atoms with Crippen molar-refractivity contribution in [1.82, 2.24) is 0 Å². The molecule has 0 aliphatic rings. The SMILES string of the molecule is COc1ccc(Cl)cc1C(=O)Nc1ccc(F)c(N)c1. The summed E-state index contributed by atoms with van der Waals surface area (Å²) < 4.78 is 18.2. The van der Waals surface area contributed by atoms with Gasteiger partial charge in [0, 0.05) is 10.7 Å². The quantitative estimate of drug-likeness (QED) is 0.854. The molecule has 3 N–H and O–H groups in total. The Hall–Kier alpha value is -2.27. The zero-order valence-corrected chi connectivity index (χ0v) is 11.4. The van der Waals surface area contributed by atoms with Gasteiger partial charge in [-0.1, -0.05) is 11.6 Å². The maximum Gasteiger partial charge on any atom is 0.259 e. The van der Waals surface area contributed by atoms with E-state index >= 15 is 0 Å². The Balaban J connectivity index is 2.27. The lowest BCUT2D eigenvalue weighted by Crippen LogP contribution is -2.13. The lowest BCUT2D eigenvalue weighted by atomic mass is 10.1. The highest BCUT2D eigenvalue weighted by atomic mass is 35.5. The molecule has 4 nitrogen and oxygen atoms in total. The van der Waals surface area contributed by atoms with E-state index in [2.05, 4.69) is 5.32 Å². The van der Waals surface area contributed by atoms with E-state index in [1.165, 1.54) is 31.4 Å². The minimum Gasteiger partial charge on any atom is -0.496 e. The van der Waals surface area contributed by atoms with E-state index in [-0.39, 0.29) is 11.3 Å². The number of rotatable bonds is 3. The van der Waals surface area contributed by atoms with Crippen molar-refractivity contribution in [2.45, 2.75) is 0 Å². The number of hydrogen-bond acceptors (Lipinski definition) is 3. The van der Waals surface area contributed by atoms with Crippen LogP contribution in [0, 0.1) is 5.82 Å². The molecule has 0 aliphatic heterocycles. The van der Waals surface area contributed by atoms with Gasteiger partial charge in [0.05, 0.1) is 18.4 Å². The van der Waals surface area contributed by atoms with Crippen molar-refractivity contribution in [3.05, 3.63) is 52.8 Å². The molecule has 0 spiro atoms. The number of amides is 1. The van der Waals surface area contributed by atoms with Crippen molar-refractivity contribution in [2.24, 2.45) is 0 Å². The number of ether oxygens (including phenoxy) is 1. The van der Waals surface area contributed by atoms with E-state index in [1.54, 1.807) is 12.1 Å².